The predicted molar refractivity (Wildman–Crippen MR) is 59.1 cm³/mol. The largest absolute Gasteiger partial charge is 0.481 e. The van der Waals surface area contributed by atoms with Crippen LogP contribution in [0, 0.1) is 5.92 Å². The van der Waals surface area contributed by atoms with Crippen LogP contribution in [-0.2, 0) is 14.6 Å². The second-order valence-electron chi connectivity index (χ2n) is 3.75. The first-order valence-electron chi connectivity index (χ1n) is 4.61. The molecule has 1 aromatic carbocycles. The van der Waals surface area contributed by atoms with Gasteiger partial charge in [-0.15, -0.1) is 0 Å². The lowest BCUT2D eigenvalue weighted by molar-refractivity contribution is -0.141. The molecule has 0 radical (unpaired) electrons. The molecular weight excluding hydrogens is 252 g/mol. The van der Waals surface area contributed by atoms with E-state index in [0.29, 0.717) is 10.6 Å². The standard InChI is InChI=1S/C10H9ClO4S/c11-7-3-1-6(2-4-7)9-8(10(12)13)5-16(9,14)15/h1-4,8-9H,5H2,(H,12,13). The molecule has 16 heavy (non-hydrogen) atoms. The molecule has 4 nitrogen and oxygen atoms in total. The van der Waals surface area contributed by atoms with Gasteiger partial charge in [0.1, 0.15) is 5.25 Å². The van der Waals surface area contributed by atoms with Crippen molar-refractivity contribution in [1.82, 2.24) is 0 Å². The summed E-state index contributed by atoms with van der Waals surface area (Å²) in [6.45, 7) is 0. The summed E-state index contributed by atoms with van der Waals surface area (Å²) in [6, 6.07) is 6.23. The molecule has 2 rings (SSSR count). The maximum Gasteiger partial charge on any atom is 0.309 e. The maximum absolute atomic E-state index is 11.5. The van der Waals surface area contributed by atoms with E-state index in [-0.39, 0.29) is 5.75 Å². The second kappa shape index (κ2) is 3.75. The van der Waals surface area contributed by atoms with E-state index in [9.17, 15) is 13.2 Å². The molecule has 1 N–H and O–H groups in total. The first-order chi connectivity index (χ1) is 7.42. The normalized spacial score (nSPS) is 27.1. The molecule has 0 bridgehead atoms. The third-order valence-electron chi connectivity index (χ3n) is 2.68. The fourth-order valence-corrected chi connectivity index (χ4v) is 3.96. The SMILES string of the molecule is O=C(O)C1CS(=O)(=O)C1c1ccc(Cl)cc1. The molecule has 2 unspecified atom stereocenters. The van der Waals surface area contributed by atoms with Crippen molar-refractivity contribution in [2.75, 3.05) is 5.75 Å². The molecule has 1 fully saturated rings. The van der Waals surface area contributed by atoms with Gasteiger partial charge >= 0.3 is 5.97 Å². The summed E-state index contributed by atoms with van der Waals surface area (Å²) in [5.74, 6) is -2.20. The summed E-state index contributed by atoms with van der Waals surface area (Å²) in [5, 5.41) is 8.43. The van der Waals surface area contributed by atoms with Gasteiger partial charge in [0.2, 0.25) is 0 Å². The summed E-state index contributed by atoms with van der Waals surface area (Å²) in [7, 11) is -3.31. The van der Waals surface area contributed by atoms with Crippen LogP contribution in [0.2, 0.25) is 5.02 Å². The van der Waals surface area contributed by atoms with Crippen LogP contribution < -0.4 is 0 Å². The van der Waals surface area contributed by atoms with Gasteiger partial charge in [-0.2, -0.15) is 0 Å². The molecule has 0 spiro atoms. The Morgan fingerprint density at radius 1 is 1.31 bits per heavy atom. The molecule has 0 aliphatic carbocycles. The van der Waals surface area contributed by atoms with Crippen molar-refractivity contribution in [1.29, 1.82) is 0 Å². The summed E-state index contributed by atoms with van der Waals surface area (Å²) < 4.78 is 23.0. The molecule has 0 saturated carbocycles. The lowest BCUT2D eigenvalue weighted by Gasteiger charge is -2.33. The Morgan fingerprint density at radius 2 is 1.88 bits per heavy atom. The number of hydrogen-bond acceptors (Lipinski definition) is 3. The van der Waals surface area contributed by atoms with Crippen LogP contribution in [0.15, 0.2) is 24.3 Å². The zero-order valence-corrected chi connectivity index (χ0v) is 9.70. The number of aliphatic carboxylic acids is 1. The first-order valence-corrected chi connectivity index (χ1v) is 6.71. The Kier molecular flexibility index (Phi) is 2.67. The van der Waals surface area contributed by atoms with Crippen LogP contribution in [-0.4, -0.2) is 25.2 Å². The van der Waals surface area contributed by atoms with Gasteiger partial charge in [0, 0.05) is 5.02 Å². The molecule has 6 heteroatoms. The fourth-order valence-electron chi connectivity index (χ4n) is 1.86. The van der Waals surface area contributed by atoms with E-state index in [1.807, 2.05) is 0 Å². The van der Waals surface area contributed by atoms with Crippen molar-refractivity contribution in [3.8, 4) is 0 Å². The van der Waals surface area contributed by atoms with Gasteiger partial charge in [0.05, 0.1) is 11.7 Å². The van der Waals surface area contributed by atoms with E-state index >= 15 is 0 Å². The highest BCUT2D eigenvalue weighted by atomic mass is 35.5. The smallest absolute Gasteiger partial charge is 0.309 e. The number of benzene rings is 1. The molecule has 86 valence electrons. The van der Waals surface area contributed by atoms with Crippen LogP contribution in [0.3, 0.4) is 0 Å². The molecule has 1 heterocycles. The quantitative estimate of drug-likeness (QED) is 0.875. The van der Waals surface area contributed by atoms with Gasteiger partial charge in [-0.05, 0) is 17.7 Å². The third-order valence-corrected chi connectivity index (χ3v) is 5.13. The van der Waals surface area contributed by atoms with Crippen molar-refractivity contribution in [2.24, 2.45) is 5.92 Å². The van der Waals surface area contributed by atoms with Gasteiger partial charge < -0.3 is 5.11 Å². The summed E-state index contributed by atoms with van der Waals surface area (Å²) in [6.07, 6.45) is 0. The number of carbonyl (C=O) groups is 1. The molecule has 1 aromatic rings. The van der Waals surface area contributed by atoms with Gasteiger partial charge in [-0.3, -0.25) is 4.79 Å². The number of hydrogen-bond donors (Lipinski definition) is 1. The van der Waals surface area contributed by atoms with Crippen molar-refractivity contribution in [3.05, 3.63) is 34.9 Å². The number of carboxylic acids is 1. The highest BCUT2D eigenvalue weighted by Gasteiger charge is 2.50. The van der Waals surface area contributed by atoms with Crippen molar-refractivity contribution in [3.63, 3.8) is 0 Å². The monoisotopic (exact) mass is 260 g/mol. The van der Waals surface area contributed by atoms with Crippen LogP contribution in [0.4, 0.5) is 0 Å². The molecule has 1 saturated heterocycles. The second-order valence-corrected chi connectivity index (χ2v) is 6.35. The highest BCUT2D eigenvalue weighted by molar-refractivity contribution is 7.93. The number of sulfone groups is 1. The molecule has 1 aliphatic rings. The van der Waals surface area contributed by atoms with Crippen LogP contribution >= 0.6 is 11.6 Å². The molecule has 1 aliphatic heterocycles. The Hall–Kier alpha value is -1.07. The van der Waals surface area contributed by atoms with Gasteiger partial charge in [0.15, 0.2) is 9.84 Å². The van der Waals surface area contributed by atoms with Gasteiger partial charge in [0.25, 0.3) is 0 Å². The minimum absolute atomic E-state index is 0.282. The van der Waals surface area contributed by atoms with Crippen molar-refractivity contribution >= 4 is 27.4 Å². The van der Waals surface area contributed by atoms with E-state index in [0.717, 1.165) is 0 Å². The summed E-state index contributed by atoms with van der Waals surface area (Å²) in [4.78, 5) is 10.8. The lowest BCUT2D eigenvalue weighted by Crippen LogP contribution is -2.44. The van der Waals surface area contributed by atoms with Crippen LogP contribution in [0.1, 0.15) is 10.8 Å². The van der Waals surface area contributed by atoms with Crippen molar-refractivity contribution in [2.45, 2.75) is 5.25 Å². The third kappa shape index (κ3) is 1.81. The Morgan fingerprint density at radius 3 is 2.31 bits per heavy atom. The minimum Gasteiger partial charge on any atom is -0.481 e. The Bertz CT molecular complexity index is 520. The lowest BCUT2D eigenvalue weighted by atomic mass is 9.99. The zero-order chi connectivity index (χ0) is 11.9. The van der Waals surface area contributed by atoms with E-state index in [1.165, 1.54) is 0 Å². The summed E-state index contributed by atoms with van der Waals surface area (Å²) >= 11 is 5.68. The molecule has 0 amide bonds. The fraction of sp³-hybridized carbons (Fsp3) is 0.300. The Labute approximate surface area is 97.8 Å². The molecule has 2 atom stereocenters. The number of carboxylic acid groups (broad SMARTS) is 1. The molecular formula is C10H9ClO4S. The zero-order valence-electron chi connectivity index (χ0n) is 8.13. The predicted octanol–water partition coefficient (Wildman–Crippen LogP) is 1.51. The van der Waals surface area contributed by atoms with Crippen molar-refractivity contribution < 1.29 is 18.3 Å². The average Bonchev–Trinajstić information content (AvgIpc) is 2.18. The topological polar surface area (TPSA) is 71.4 Å². The highest BCUT2D eigenvalue weighted by Crippen LogP contribution is 2.42. The van der Waals surface area contributed by atoms with Gasteiger partial charge in [-0.1, -0.05) is 23.7 Å². The van der Waals surface area contributed by atoms with Gasteiger partial charge in [-0.25, -0.2) is 8.42 Å². The number of halogens is 1. The van der Waals surface area contributed by atoms with E-state index in [1.54, 1.807) is 24.3 Å². The minimum atomic E-state index is -3.31. The maximum atomic E-state index is 11.5. The first kappa shape index (κ1) is 11.4. The van der Waals surface area contributed by atoms with Crippen LogP contribution in [0.25, 0.3) is 0 Å². The Balaban J connectivity index is 2.38. The van der Waals surface area contributed by atoms with Crippen LogP contribution in [0.5, 0.6) is 0 Å². The van der Waals surface area contributed by atoms with E-state index in [2.05, 4.69) is 0 Å². The summed E-state index contributed by atoms with van der Waals surface area (Å²) in [5.41, 5.74) is 0.489. The van der Waals surface area contributed by atoms with E-state index < -0.39 is 27.0 Å². The van der Waals surface area contributed by atoms with E-state index in [4.69, 9.17) is 16.7 Å². The molecule has 0 aromatic heterocycles. The average molecular weight is 261 g/mol. The number of rotatable bonds is 2.